The van der Waals surface area contributed by atoms with Gasteiger partial charge in [0.25, 0.3) is 5.91 Å². The van der Waals surface area contributed by atoms with Crippen LogP contribution < -0.4 is 5.32 Å². The fraction of sp³-hybridized carbons (Fsp3) is 0.417. The summed E-state index contributed by atoms with van der Waals surface area (Å²) in [6.07, 6.45) is 7.55. The number of carbonyl (C=O) groups is 1. The summed E-state index contributed by atoms with van der Waals surface area (Å²) in [5.74, 6) is 0.598. The summed E-state index contributed by atoms with van der Waals surface area (Å²) in [5.41, 5.74) is 2.24. The van der Waals surface area contributed by atoms with Crippen molar-refractivity contribution in [3.05, 3.63) is 59.1 Å². The lowest BCUT2D eigenvalue weighted by Crippen LogP contribution is -2.47. The van der Waals surface area contributed by atoms with E-state index in [0.717, 1.165) is 55.2 Å². The van der Waals surface area contributed by atoms with E-state index in [9.17, 15) is 4.79 Å². The number of benzene rings is 2. The molecule has 3 aliphatic rings. The lowest BCUT2D eigenvalue weighted by atomic mass is 9.83. The molecule has 1 unspecified atom stereocenters. The molecule has 1 aliphatic heterocycles. The van der Waals surface area contributed by atoms with Crippen molar-refractivity contribution < 1.29 is 4.79 Å². The van der Waals surface area contributed by atoms with E-state index in [1.807, 2.05) is 36.4 Å². The van der Waals surface area contributed by atoms with E-state index in [2.05, 4.69) is 17.4 Å². The third-order valence-corrected chi connectivity index (χ3v) is 6.95. The topological polar surface area (TPSA) is 56.2 Å². The maximum atomic E-state index is 13.8. The summed E-state index contributed by atoms with van der Waals surface area (Å²) in [7, 11) is 0. The summed E-state index contributed by atoms with van der Waals surface area (Å²) >= 11 is 6.20. The van der Waals surface area contributed by atoms with Crippen molar-refractivity contribution in [1.82, 2.24) is 10.2 Å². The Kier molecular flexibility index (Phi) is 4.62. The number of rotatable bonds is 4. The van der Waals surface area contributed by atoms with Crippen molar-refractivity contribution in [1.29, 1.82) is 5.41 Å². The van der Waals surface area contributed by atoms with Crippen molar-refractivity contribution in [2.45, 2.75) is 56.5 Å². The molecule has 1 heterocycles. The van der Waals surface area contributed by atoms with Gasteiger partial charge in [-0.25, -0.2) is 0 Å². The third-order valence-electron chi connectivity index (χ3n) is 6.72. The van der Waals surface area contributed by atoms with Crippen LogP contribution in [0.3, 0.4) is 0 Å². The van der Waals surface area contributed by atoms with E-state index < -0.39 is 5.54 Å². The highest BCUT2D eigenvalue weighted by molar-refractivity contribution is 6.30. The zero-order valence-corrected chi connectivity index (χ0v) is 17.2. The SMILES string of the molecule is N=C1NC(c2cccc(-c3cccc(Cl)c3)c2)(C2CC2)C(=O)N1C1CCCCC1. The molecular weight excluding hydrogens is 382 g/mol. The van der Waals surface area contributed by atoms with Gasteiger partial charge >= 0.3 is 0 Å². The summed E-state index contributed by atoms with van der Waals surface area (Å²) in [5, 5.41) is 12.7. The second-order valence-electron chi connectivity index (χ2n) is 8.61. The first-order valence-corrected chi connectivity index (χ1v) is 11.0. The van der Waals surface area contributed by atoms with Gasteiger partial charge in [-0.2, -0.15) is 0 Å². The van der Waals surface area contributed by atoms with Crippen LogP contribution in [0, 0.1) is 11.3 Å². The van der Waals surface area contributed by atoms with E-state index in [-0.39, 0.29) is 23.8 Å². The fourth-order valence-electron chi connectivity index (χ4n) is 5.12. The number of nitrogens with zero attached hydrogens (tertiary/aromatic N) is 1. The van der Waals surface area contributed by atoms with Gasteiger partial charge in [0.1, 0.15) is 5.54 Å². The average molecular weight is 408 g/mol. The molecule has 0 aromatic heterocycles. The molecule has 2 aromatic rings. The minimum absolute atomic E-state index is 0.0696. The predicted molar refractivity (Wildman–Crippen MR) is 116 cm³/mol. The van der Waals surface area contributed by atoms with Crippen LogP contribution >= 0.6 is 11.6 Å². The van der Waals surface area contributed by atoms with E-state index in [4.69, 9.17) is 17.0 Å². The highest BCUT2D eigenvalue weighted by Crippen LogP contribution is 2.50. The summed E-state index contributed by atoms with van der Waals surface area (Å²) in [6, 6.07) is 16.2. The van der Waals surface area contributed by atoms with Crippen molar-refractivity contribution in [2.75, 3.05) is 0 Å². The van der Waals surface area contributed by atoms with Gasteiger partial charge in [0.05, 0.1) is 0 Å². The standard InChI is InChI=1S/C24H26ClN3O/c25-20-9-5-7-17(15-20)16-6-4-8-19(14-16)24(18-12-13-18)22(29)28(23(26)27-24)21-10-2-1-3-11-21/h4-9,14-15,18,21H,1-3,10-13H2,(H2,26,27). The zero-order valence-electron chi connectivity index (χ0n) is 16.5. The van der Waals surface area contributed by atoms with Crippen LogP contribution in [0.2, 0.25) is 5.02 Å². The third kappa shape index (κ3) is 3.14. The highest BCUT2D eigenvalue weighted by atomic mass is 35.5. The Bertz CT molecular complexity index is 964. The van der Waals surface area contributed by atoms with Gasteiger partial charge in [0, 0.05) is 11.1 Å². The van der Waals surface area contributed by atoms with Crippen molar-refractivity contribution >= 4 is 23.5 Å². The molecule has 1 atom stereocenters. The minimum Gasteiger partial charge on any atom is -0.338 e. The number of carbonyl (C=O) groups excluding carboxylic acids is 1. The van der Waals surface area contributed by atoms with E-state index >= 15 is 0 Å². The molecule has 2 aromatic carbocycles. The minimum atomic E-state index is -0.802. The van der Waals surface area contributed by atoms with Gasteiger partial charge in [-0.05, 0) is 66.5 Å². The number of nitrogens with one attached hydrogen (secondary N) is 2. The molecule has 4 nitrogen and oxygen atoms in total. The predicted octanol–water partition coefficient (Wildman–Crippen LogP) is 5.31. The molecule has 5 rings (SSSR count). The van der Waals surface area contributed by atoms with Crippen LogP contribution in [0.4, 0.5) is 0 Å². The van der Waals surface area contributed by atoms with E-state index in [0.29, 0.717) is 5.02 Å². The molecule has 2 saturated carbocycles. The van der Waals surface area contributed by atoms with Crippen LogP contribution in [0.15, 0.2) is 48.5 Å². The van der Waals surface area contributed by atoms with Gasteiger partial charge in [-0.1, -0.05) is 61.2 Å². The largest absolute Gasteiger partial charge is 0.338 e. The maximum Gasteiger partial charge on any atom is 0.260 e. The first-order valence-electron chi connectivity index (χ1n) is 10.7. The number of hydrogen-bond acceptors (Lipinski definition) is 2. The molecule has 0 bridgehead atoms. The first kappa shape index (κ1) is 18.7. The maximum absolute atomic E-state index is 13.8. The number of halogens is 1. The Labute approximate surface area is 176 Å². The van der Waals surface area contributed by atoms with Gasteiger partial charge in [0.2, 0.25) is 0 Å². The second-order valence-corrected chi connectivity index (χ2v) is 9.05. The lowest BCUT2D eigenvalue weighted by molar-refractivity contribution is -0.134. The Morgan fingerprint density at radius 2 is 1.66 bits per heavy atom. The molecule has 1 saturated heterocycles. The molecule has 29 heavy (non-hydrogen) atoms. The molecule has 150 valence electrons. The smallest absolute Gasteiger partial charge is 0.260 e. The normalized spacial score (nSPS) is 25.3. The lowest BCUT2D eigenvalue weighted by Gasteiger charge is -2.32. The van der Waals surface area contributed by atoms with E-state index in [1.165, 1.54) is 6.42 Å². The molecule has 0 radical (unpaired) electrons. The molecule has 0 spiro atoms. The van der Waals surface area contributed by atoms with Gasteiger partial charge in [-0.15, -0.1) is 0 Å². The Morgan fingerprint density at radius 3 is 2.34 bits per heavy atom. The van der Waals surface area contributed by atoms with E-state index in [1.54, 1.807) is 4.90 Å². The van der Waals surface area contributed by atoms with Crippen molar-refractivity contribution in [2.24, 2.45) is 5.92 Å². The zero-order chi connectivity index (χ0) is 20.0. The summed E-state index contributed by atoms with van der Waals surface area (Å²) in [6.45, 7) is 0. The Morgan fingerprint density at radius 1 is 0.966 bits per heavy atom. The molecule has 2 N–H and O–H groups in total. The van der Waals surface area contributed by atoms with Crippen LogP contribution in [0.1, 0.15) is 50.5 Å². The Balaban J connectivity index is 1.55. The monoisotopic (exact) mass is 407 g/mol. The highest BCUT2D eigenvalue weighted by Gasteiger charge is 2.60. The molecular formula is C24H26ClN3O. The quantitative estimate of drug-likeness (QED) is 0.721. The van der Waals surface area contributed by atoms with Gasteiger partial charge < -0.3 is 5.32 Å². The number of guanidine groups is 1. The van der Waals surface area contributed by atoms with Gasteiger partial charge in [0.15, 0.2) is 5.96 Å². The summed E-state index contributed by atoms with van der Waals surface area (Å²) in [4.78, 5) is 15.6. The fourth-order valence-corrected chi connectivity index (χ4v) is 5.31. The average Bonchev–Trinajstić information content (AvgIpc) is 3.55. The van der Waals surface area contributed by atoms with Crippen LogP contribution in [-0.4, -0.2) is 22.8 Å². The van der Waals surface area contributed by atoms with Crippen LogP contribution in [-0.2, 0) is 10.3 Å². The molecule has 1 amide bonds. The van der Waals surface area contributed by atoms with Crippen molar-refractivity contribution in [3.8, 4) is 11.1 Å². The van der Waals surface area contributed by atoms with Gasteiger partial charge in [-0.3, -0.25) is 15.1 Å². The van der Waals surface area contributed by atoms with Crippen LogP contribution in [0.25, 0.3) is 11.1 Å². The second kappa shape index (κ2) is 7.17. The number of hydrogen-bond donors (Lipinski definition) is 2. The molecule has 5 heteroatoms. The number of amides is 1. The van der Waals surface area contributed by atoms with Crippen molar-refractivity contribution in [3.63, 3.8) is 0 Å². The van der Waals surface area contributed by atoms with Crippen LogP contribution in [0.5, 0.6) is 0 Å². The molecule has 3 fully saturated rings. The first-order chi connectivity index (χ1) is 14.1. The Hall–Kier alpha value is -2.33. The summed E-state index contributed by atoms with van der Waals surface area (Å²) < 4.78 is 0. The molecule has 2 aliphatic carbocycles.